The number of aldehydes is 1. The third-order valence-corrected chi connectivity index (χ3v) is 2.11. The van der Waals surface area contributed by atoms with Crippen molar-refractivity contribution in [2.75, 3.05) is 0 Å². The molecule has 2 heterocycles. The third-order valence-electron chi connectivity index (χ3n) is 2.11. The molecule has 0 aliphatic heterocycles. The van der Waals surface area contributed by atoms with Crippen molar-refractivity contribution in [1.29, 1.82) is 0 Å². The Kier molecular flexibility index (Phi) is 2.26. The lowest BCUT2D eigenvalue weighted by atomic mass is 10.3. The second-order valence-electron chi connectivity index (χ2n) is 3.17. The Bertz CT molecular complexity index is 461. The molecule has 0 N–H and O–H groups in total. The molecule has 0 atom stereocenters. The molecule has 0 saturated carbocycles. The normalized spacial score (nSPS) is 10.6. The Balaban J connectivity index is 2.53. The second kappa shape index (κ2) is 3.57. The minimum Gasteiger partial charge on any atom is -0.298 e. The van der Waals surface area contributed by atoms with Crippen molar-refractivity contribution in [1.82, 2.24) is 14.6 Å². The van der Waals surface area contributed by atoms with E-state index >= 15 is 0 Å². The predicted octanol–water partition coefficient (Wildman–Crippen LogP) is 1.49. The molecule has 2 aromatic heterocycles. The predicted molar refractivity (Wildman–Crippen MR) is 52.4 cm³/mol. The van der Waals surface area contributed by atoms with Crippen LogP contribution in [0.25, 0.3) is 5.65 Å². The average molecular weight is 189 g/mol. The summed E-state index contributed by atoms with van der Waals surface area (Å²) in [6, 6.07) is 3.50. The van der Waals surface area contributed by atoms with Crippen LogP contribution in [0.15, 0.2) is 18.3 Å². The van der Waals surface area contributed by atoms with Gasteiger partial charge in [-0.2, -0.15) is 0 Å². The number of hydrogen-bond acceptors (Lipinski definition) is 3. The molecule has 0 fully saturated rings. The van der Waals surface area contributed by atoms with E-state index in [0.29, 0.717) is 5.56 Å². The summed E-state index contributed by atoms with van der Waals surface area (Å²) in [5, 5.41) is 8.06. The minimum absolute atomic E-state index is 0.632. The summed E-state index contributed by atoms with van der Waals surface area (Å²) in [4.78, 5) is 10.5. The fourth-order valence-electron chi connectivity index (χ4n) is 1.42. The van der Waals surface area contributed by atoms with E-state index in [9.17, 15) is 4.79 Å². The van der Waals surface area contributed by atoms with E-state index in [1.165, 1.54) is 0 Å². The van der Waals surface area contributed by atoms with Crippen molar-refractivity contribution in [3.63, 3.8) is 0 Å². The highest BCUT2D eigenvalue weighted by molar-refractivity contribution is 5.76. The van der Waals surface area contributed by atoms with Gasteiger partial charge in [0.1, 0.15) is 12.1 Å². The van der Waals surface area contributed by atoms with Gasteiger partial charge in [-0.3, -0.25) is 9.20 Å². The zero-order valence-corrected chi connectivity index (χ0v) is 7.97. The van der Waals surface area contributed by atoms with Crippen molar-refractivity contribution >= 4 is 11.9 Å². The number of hydrogen-bond donors (Lipinski definition) is 0. The molecule has 2 aromatic rings. The zero-order chi connectivity index (χ0) is 9.97. The molecular formula is C10H11N3O. The minimum atomic E-state index is 0.632. The van der Waals surface area contributed by atoms with Crippen LogP contribution in [0.3, 0.4) is 0 Å². The monoisotopic (exact) mass is 189 g/mol. The summed E-state index contributed by atoms with van der Waals surface area (Å²) in [5.41, 5.74) is 1.37. The number of pyridine rings is 1. The van der Waals surface area contributed by atoms with Gasteiger partial charge in [0.2, 0.25) is 0 Å². The standard InChI is InChI=1S/C10H11N3O/c1-2-3-9-11-12-10-6-8(7-14)4-5-13(9)10/h4-7H,2-3H2,1H3. The maximum atomic E-state index is 10.5. The first-order valence-electron chi connectivity index (χ1n) is 4.64. The van der Waals surface area contributed by atoms with Gasteiger partial charge >= 0.3 is 0 Å². The molecule has 0 unspecified atom stereocenters. The van der Waals surface area contributed by atoms with Gasteiger partial charge in [0.05, 0.1) is 0 Å². The average Bonchev–Trinajstić information content (AvgIpc) is 2.61. The van der Waals surface area contributed by atoms with Gasteiger partial charge in [-0.05, 0) is 18.6 Å². The molecule has 4 heteroatoms. The highest BCUT2D eigenvalue weighted by Gasteiger charge is 2.03. The van der Waals surface area contributed by atoms with Crippen molar-refractivity contribution in [2.45, 2.75) is 19.8 Å². The van der Waals surface area contributed by atoms with E-state index in [2.05, 4.69) is 17.1 Å². The molecule has 0 aliphatic carbocycles. The smallest absolute Gasteiger partial charge is 0.161 e. The van der Waals surface area contributed by atoms with Crippen molar-refractivity contribution in [3.05, 3.63) is 29.7 Å². The first-order chi connectivity index (χ1) is 6.85. The number of nitrogens with zero attached hydrogens (tertiary/aromatic N) is 3. The van der Waals surface area contributed by atoms with Crippen LogP contribution in [0, 0.1) is 0 Å². The number of fused-ring (bicyclic) bond motifs is 1. The van der Waals surface area contributed by atoms with E-state index in [1.54, 1.807) is 12.1 Å². The van der Waals surface area contributed by atoms with Gasteiger partial charge in [-0.25, -0.2) is 0 Å². The summed E-state index contributed by atoms with van der Waals surface area (Å²) < 4.78 is 1.91. The summed E-state index contributed by atoms with van der Waals surface area (Å²) in [5.74, 6) is 0.944. The Morgan fingerprint density at radius 2 is 2.36 bits per heavy atom. The molecule has 4 nitrogen and oxygen atoms in total. The second-order valence-corrected chi connectivity index (χ2v) is 3.17. The number of aryl methyl sites for hydroxylation is 1. The molecular weight excluding hydrogens is 178 g/mol. The topological polar surface area (TPSA) is 47.3 Å². The van der Waals surface area contributed by atoms with Crippen LogP contribution in [0.1, 0.15) is 29.5 Å². The third kappa shape index (κ3) is 1.39. The van der Waals surface area contributed by atoms with Crippen LogP contribution in [0.2, 0.25) is 0 Å². The first kappa shape index (κ1) is 8.87. The number of carbonyl (C=O) groups excluding carboxylic acids is 1. The van der Waals surface area contributed by atoms with Gasteiger partial charge in [-0.1, -0.05) is 6.92 Å². The van der Waals surface area contributed by atoms with E-state index in [-0.39, 0.29) is 0 Å². The first-order valence-corrected chi connectivity index (χ1v) is 4.64. The van der Waals surface area contributed by atoms with Gasteiger partial charge in [0, 0.05) is 18.2 Å². The highest BCUT2D eigenvalue weighted by Crippen LogP contribution is 2.07. The van der Waals surface area contributed by atoms with Gasteiger partial charge < -0.3 is 0 Å². The molecule has 0 radical (unpaired) electrons. The van der Waals surface area contributed by atoms with E-state index in [1.807, 2.05) is 10.6 Å². The quantitative estimate of drug-likeness (QED) is 0.687. The SMILES string of the molecule is CCCc1nnc2cc(C=O)ccn12. The van der Waals surface area contributed by atoms with E-state index in [0.717, 1.165) is 30.6 Å². The Hall–Kier alpha value is -1.71. The Morgan fingerprint density at radius 1 is 1.50 bits per heavy atom. The molecule has 0 spiro atoms. The lowest BCUT2D eigenvalue weighted by molar-refractivity contribution is 0.112. The number of carbonyl (C=O) groups is 1. The van der Waals surface area contributed by atoms with Crippen LogP contribution < -0.4 is 0 Å². The highest BCUT2D eigenvalue weighted by atomic mass is 16.1. The summed E-state index contributed by atoms with van der Waals surface area (Å²) in [6.07, 6.45) is 4.59. The lowest BCUT2D eigenvalue weighted by Crippen LogP contribution is -1.94. The Labute approximate surface area is 81.6 Å². The molecule has 72 valence electrons. The summed E-state index contributed by atoms with van der Waals surface area (Å²) >= 11 is 0. The van der Waals surface area contributed by atoms with Crippen LogP contribution in [-0.4, -0.2) is 20.9 Å². The zero-order valence-electron chi connectivity index (χ0n) is 7.97. The van der Waals surface area contributed by atoms with Crippen LogP contribution >= 0.6 is 0 Å². The van der Waals surface area contributed by atoms with Crippen LogP contribution in [0.4, 0.5) is 0 Å². The van der Waals surface area contributed by atoms with Crippen LogP contribution in [-0.2, 0) is 6.42 Å². The number of rotatable bonds is 3. The fraction of sp³-hybridized carbons (Fsp3) is 0.300. The molecule has 0 aliphatic rings. The Morgan fingerprint density at radius 3 is 3.07 bits per heavy atom. The molecule has 0 bridgehead atoms. The van der Waals surface area contributed by atoms with Crippen LogP contribution in [0.5, 0.6) is 0 Å². The largest absolute Gasteiger partial charge is 0.298 e. The van der Waals surface area contributed by atoms with Crippen molar-refractivity contribution in [3.8, 4) is 0 Å². The van der Waals surface area contributed by atoms with E-state index < -0.39 is 0 Å². The van der Waals surface area contributed by atoms with E-state index in [4.69, 9.17) is 0 Å². The summed E-state index contributed by atoms with van der Waals surface area (Å²) in [7, 11) is 0. The number of aromatic nitrogens is 3. The molecule has 0 amide bonds. The fourth-order valence-corrected chi connectivity index (χ4v) is 1.42. The van der Waals surface area contributed by atoms with Gasteiger partial charge in [-0.15, -0.1) is 10.2 Å². The van der Waals surface area contributed by atoms with Gasteiger partial charge in [0.15, 0.2) is 5.65 Å². The summed E-state index contributed by atoms with van der Waals surface area (Å²) in [6.45, 7) is 2.10. The lowest BCUT2D eigenvalue weighted by Gasteiger charge is -1.97. The molecule has 14 heavy (non-hydrogen) atoms. The van der Waals surface area contributed by atoms with Crippen molar-refractivity contribution < 1.29 is 4.79 Å². The molecule has 2 rings (SSSR count). The molecule has 0 saturated heterocycles. The maximum Gasteiger partial charge on any atom is 0.161 e. The van der Waals surface area contributed by atoms with Gasteiger partial charge in [0.25, 0.3) is 0 Å². The molecule has 0 aromatic carbocycles. The maximum absolute atomic E-state index is 10.5. The van der Waals surface area contributed by atoms with Crippen molar-refractivity contribution in [2.24, 2.45) is 0 Å².